The van der Waals surface area contributed by atoms with Crippen molar-refractivity contribution in [2.75, 3.05) is 26.2 Å². The van der Waals surface area contributed by atoms with Crippen LogP contribution in [0.15, 0.2) is 24.3 Å². The van der Waals surface area contributed by atoms with Gasteiger partial charge in [0.05, 0.1) is 0 Å². The van der Waals surface area contributed by atoms with Crippen LogP contribution in [0.1, 0.15) is 37.3 Å². The fraction of sp³-hybridized carbons (Fsp3) is 0.611. The van der Waals surface area contributed by atoms with Gasteiger partial charge in [-0.3, -0.25) is 0 Å². The number of likely N-dealkylation sites (tertiary alicyclic amines) is 1. The van der Waals surface area contributed by atoms with Gasteiger partial charge >= 0.3 is 6.03 Å². The van der Waals surface area contributed by atoms with Crippen molar-refractivity contribution in [2.24, 2.45) is 5.41 Å². The second kappa shape index (κ2) is 7.63. The maximum absolute atomic E-state index is 12.2. The van der Waals surface area contributed by atoms with Gasteiger partial charge in [-0.1, -0.05) is 36.8 Å². The third-order valence-electron chi connectivity index (χ3n) is 5.01. The SMILES string of the molecule is CCC1(CO)CCN(C(=O)NCCc2ccc(C)cc2)CC1. The number of nitrogens with zero attached hydrogens (tertiary/aromatic N) is 1. The molecule has 4 heteroatoms. The molecule has 1 aliphatic rings. The molecule has 1 fully saturated rings. The molecule has 1 aromatic rings. The number of aliphatic hydroxyl groups is 1. The van der Waals surface area contributed by atoms with E-state index < -0.39 is 0 Å². The molecule has 0 aromatic heterocycles. The van der Waals surface area contributed by atoms with E-state index in [9.17, 15) is 9.90 Å². The summed E-state index contributed by atoms with van der Waals surface area (Å²) in [6, 6.07) is 8.44. The molecule has 1 aliphatic heterocycles. The van der Waals surface area contributed by atoms with Crippen LogP contribution in [0.5, 0.6) is 0 Å². The lowest BCUT2D eigenvalue weighted by Gasteiger charge is -2.40. The Kier molecular flexibility index (Phi) is 5.83. The number of hydrogen-bond donors (Lipinski definition) is 2. The summed E-state index contributed by atoms with van der Waals surface area (Å²) in [7, 11) is 0. The van der Waals surface area contributed by atoms with Gasteiger partial charge in [-0.15, -0.1) is 0 Å². The van der Waals surface area contributed by atoms with Gasteiger partial charge in [0.2, 0.25) is 0 Å². The number of carbonyl (C=O) groups excluding carboxylic acids is 1. The van der Waals surface area contributed by atoms with Crippen LogP contribution in [0.4, 0.5) is 4.79 Å². The maximum atomic E-state index is 12.2. The predicted octanol–water partition coefficient (Wildman–Crippen LogP) is 2.73. The predicted molar refractivity (Wildman–Crippen MR) is 88.9 cm³/mol. The fourth-order valence-electron chi connectivity index (χ4n) is 2.99. The van der Waals surface area contributed by atoms with Crippen molar-refractivity contribution in [3.63, 3.8) is 0 Å². The molecule has 0 aliphatic carbocycles. The van der Waals surface area contributed by atoms with Crippen molar-refractivity contribution in [3.8, 4) is 0 Å². The smallest absolute Gasteiger partial charge is 0.317 e. The number of piperidine rings is 1. The average Bonchev–Trinajstić information content (AvgIpc) is 2.56. The minimum absolute atomic E-state index is 0.0229. The number of hydrogen-bond acceptors (Lipinski definition) is 2. The van der Waals surface area contributed by atoms with Crippen LogP contribution in [0.2, 0.25) is 0 Å². The molecule has 1 heterocycles. The average molecular weight is 304 g/mol. The number of aliphatic hydroxyl groups excluding tert-OH is 1. The Morgan fingerprint density at radius 3 is 2.45 bits per heavy atom. The second-order valence-corrected chi connectivity index (χ2v) is 6.47. The highest BCUT2D eigenvalue weighted by molar-refractivity contribution is 5.74. The maximum Gasteiger partial charge on any atom is 0.317 e. The molecule has 0 bridgehead atoms. The lowest BCUT2D eigenvalue weighted by atomic mass is 9.77. The van der Waals surface area contributed by atoms with Gasteiger partial charge < -0.3 is 15.3 Å². The third kappa shape index (κ3) is 4.23. The van der Waals surface area contributed by atoms with Gasteiger partial charge in [-0.05, 0) is 43.6 Å². The summed E-state index contributed by atoms with van der Waals surface area (Å²) in [5.74, 6) is 0. The summed E-state index contributed by atoms with van der Waals surface area (Å²) >= 11 is 0. The van der Waals surface area contributed by atoms with E-state index in [1.807, 2.05) is 4.90 Å². The van der Waals surface area contributed by atoms with Crippen LogP contribution >= 0.6 is 0 Å². The Morgan fingerprint density at radius 2 is 1.91 bits per heavy atom. The molecule has 4 nitrogen and oxygen atoms in total. The fourth-order valence-corrected chi connectivity index (χ4v) is 2.99. The minimum atomic E-state index is 0.0229. The molecule has 0 spiro atoms. The largest absolute Gasteiger partial charge is 0.396 e. The summed E-state index contributed by atoms with van der Waals surface area (Å²) in [4.78, 5) is 14.1. The van der Waals surface area contributed by atoms with Gasteiger partial charge in [0, 0.05) is 26.2 Å². The molecular weight excluding hydrogens is 276 g/mol. The standard InChI is InChI=1S/C18H28N2O2/c1-3-18(14-21)9-12-20(13-10-18)17(22)19-11-8-16-6-4-15(2)5-7-16/h4-7,21H,3,8-14H2,1-2H3,(H,19,22). The van der Waals surface area contributed by atoms with Crippen molar-refractivity contribution in [3.05, 3.63) is 35.4 Å². The Labute approximate surface area is 133 Å². The van der Waals surface area contributed by atoms with Gasteiger partial charge in [0.25, 0.3) is 0 Å². The van der Waals surface area contributed by atoms with E-state index in [0.717, 1.165) is 38.8 Å². The van der Waals surface area contributed by atoms with E-state index in [1.54, 1.807) is 0 Å². The minimum Gasteiger partial charge on any atom is -0.396 e. The molecule has 2 amide bonds. The zero-order valence-electron chi connectivity index (χ0n) is 13.8. The third-order valence-corrected chi connectivity index (χ3v) is 5.01. The first-order valence-electron chi connectivity index (χ1n) is 8.28. The van der Waals surface area contributed by atoms with E-state index in [2.05, 4.69) is 43.4 Å². The summed E-state index contributed by atoms with van der Waals surface area (Å²) < 4.78 is 0. The first-order valence-corrected chi connectivity index (χ1v) is 8.28. The number of amides is 2. The van der Waals surface area contributed by atoms with Gasteiger partial charge in [-0.2, -0.15) is 0 Å². The summed E-state index contributed by atoms with van der Waals surface area (Å²) in [5, 5.41) is 12.5. The van der Waals surface area contributed by atoms with Gasteiger partial charge in [-0.25, -0.2) is 4.79 Å². The molecule has 0 atom stereocenters. The number of aryl methyl sites for hydroxylation is 1. The first kappa shape index (κ1) is 16.8. The van der Waals surface area contributed by atoms with Gasteiger partial charge in [0.1, 0.15) is 0 Å². The van der Waals surface area contributed by atoms with E-state index in [1.165, 1.54) is 11.1 Å². The summed E-state index contributed by atoms with van der Waals surface area (Å²) in [6.45, 7) is 6.57. The zero-order chi connectivity index (χ0) is 16.0. The molecule has 122 valence electrons. The summed E-state index contributed by atoms with van der Waals surface area (Å²) in [6.07, 6.45) is 3.62. The van der Waals surface area contributed by atoms with E-state index >= 15 is 0 Å². The lowest BCUT2D eigenvalue weighted by Crippen LogP contribution is -2.48. The molecule has 1 aromatic carbocycles. The van der Waals surface area contributed by atoms with Crippen LogP contribution in [-0.2, 0) is 6.42 Å². The highest BCUT2D eigenvalue weighted by atomic mass is 16.3. The summed E-state index contributed by atoms with van der Waals surface area (Å²) in [5.41, 5.74) is 2.53. The first-order chi connectivity index (χ1) is 10.6. The topological polar surface area (TPSA) is 52.6 Å². The van der Waals surface area contributed by atoms with Crippen molar-refractivity contribution in [2.45, 2.75) is 39.5 Å². The van der Waals surface area contributed by atoms with E-state index in [4.69, 9.17) is 0 Å². The van der Waals surface area contributed by atoms with Crippen molar-refractivity contribution in [1.29, 1.82) is 0 Å². The zero-order valence-corrected chi connectivity index (χ0v) is 13.8. The molecule has 22 heavy (non-hydrogen) atoms. The molecule has 2 N–H and O–H groups in total. The quantitative estimate of drug-likeness (QED) is 0.879. The molecule has 0 unspecified atom stereocenters. The van der Waals surface area contributed by atoms with Gasteiger partial charge in [0.15, 0.2) is 0 Å². The Hall–Kier alpha value is -1.55. The molecule has 0 radical (unpaired) electrons. The Balaban J connectivity index is 1.73. The Morgan fingerprint density at radius 1 is 1.27 bits per heavy atom. The highest BCUT2D eigenvalue weighted by Gasteiger charge is 2.33. The number of urea groups is 1. The van der Waals surface area contributed by atoms with E-state index in [-0.39, 0.29) is 18.1 Å². The number of carbonyl (C=O) groups is 1. The number of benzene rings is 1. The molecule has 1 saturated heterocycles. The normalized spacial score (nSPS) is 17.3. The van der Waals surface area contributed by atoms with Crippen molar-refractivity contribution < 1.29 is 9.90 Å². The molecule has 2 rings (SSSR count). The second-order valence-electron chi connectivity index (χ2n) is 6.47. The van der Waals surface area contributed by atoms with Crippen molar-refractivity contribution >= 4 is 6.03 Å². The van der Waals surface area contributed by atoms with E-state index in [0.29, 0.717) is 6.54 Å². The number of nitrogens with one attached hydrogen (secondary N) is 1. The van der Waals surface area contributed by atoms with Crippen LogP contribution < -0.4 is 5.32 Å². The Bertz CT molecular complexity index is 470. The molecule has 0 saturated carbocycles. The highest BCUT2D eigenvalue weighted by Crippen LogP contribution is 2.34. The van der Waals surface area contributed by atoms with Crippen LogP contribution in [0, 0.1) is 12.3 Å². The van der Waals surface area contributed by atoms with Crippen LogP contribution in [0.3, 0.4) is 0 Å². The van der Waals surface area contributed by atoms with Crippen LogP contribution in [0.25, 0.3) is 0 Å². The van der Waals surface area contributed by atoms with Crippen LogP contribution in [-0.4, -0.2) is 42.3 Å². The monoisotopic (exact) mass is 304 g/mol. The van der Waals surface area contributed by atoms with Crippen molar-refractivity contribution in [1.82, 2.24) is 10.2 Å². The lowest BCUT2D eigenvalue weighted by molar-refractivity contribution is 0.0520. The molecular formula is C18H28N2O2. The number of rotatable bonds is 5.